The Labute approximate surface area is 90.6 Å². The standard InChI is InChI=1S/C5H4N5Se.Pt/c6-5-9-3-2(4(11)10-5)7-1-8-3;/h1H,(H3,6,7,8,9,10);/q;+2. The van der Waals surface area contributed by atoms with Gasteiger partial charge in [-0.3, -0.25) is 0 Å². The molecular weight excluding hydrogens is 404 g/mol. The van der Waals surface area contributed by atoms with Crippen molar-refractivity contribution in [3.05, 3.63) is 6.33 Å². The second-order valence-electron chi connectivity index (χ2n) is 1.99. The summed E-state index contributed by atoms with van der Waals surface area (Å²) in [6.45, 7) is 0. The monoisotopic (exact) mass is 409 g/mol. The van der Waals surface area contributed by atoms with Crippen LogP contribution < -0.4 is 10.3 Å². The first-order chi connectivity index (χ1) is 5.27. The van der Waals surface area contributed by atoms with Crippen LogP contribution in [0, 0.1) is 0 Å². The van der Waals surface area contributed by atoms with Gasteiger partial charge in [-0.1, -0.05) is 0 Å². The van der Waals surface area contributed by atoms with Crippen LogP contribution in [0.5, 0.6) is 0 Å². The summed E-state index contributed by atoms with van der Waals surface area (Å²) in [4.78, 5) is 14.6. The van der Waals surface area contributed by atoms with Gasteiger partial charge in [0.2, 0.25) is 0 Å². The molecule has 2 aromatic heterocycles. The normalized spacial score (nSPS) is 9.67. The number of nitrogens with two attached hydrogens (primary N) is 1. The number of fused-ring (bicyclic) bond motifs is 1. The van der Waals surface area contributed by atoms with Gasteiger partial charge in [-0.2, -0.15) is 0 Å². The molecule has 12 heavy (non-hydrogen) atoms. The number of H-pyrrole nitrogens is 1. The first kappa shape index (κ1) is 9.64. The summed E-state index contributed by atoms with van der Waals surface area (Å²) in [6, 6.07) is 0. The molecule has 0 saturated heterocycles. The zero-order valence-electron chi connectivity index (χ0n) is 5.72. The second-order valence-corrected chi connectivity index (χ2v) is 2.80. The summed E-state index contributed by atoms with van der Waals surface area (Å²) in [7, 11) is 0. The molecule has 0 bridgehead atoms. The van der Waals surface area contributed by atoms with E-state index in [0.717, 1.165) is 5.52 Å². The van der Waals surface area contributed by atoms with Crippen molar-refractivity contribution in [2.24, 2.45) is 0 Å². The van der Waals surface area contributed by atoms with E-state index in [1.807, 2.05) is 0 Å². The Hall–Kier alpha value is -0.442. The molecule has 2 rings (SSSR count). The number of nitrogens with one attached hydrogen (secondary N) is 1. The van der Waals surface area contributed by atoms with E-state index in [4.69, 9.17) is 5.73 Å². The average molecular weight is 408 g/mol. The van der Waals surface area contributed by atoms with Gasteiger partial charge in [-0.05, 0) is 0 Å². The zero-order chi connectivity index (χ0) is 7.84. The topological polar surface area (TPSA) is 80.5 Å². The predicted octanol–water partition coefficient (Wildman–Crippen LogP) is -1.27. The largest absolute Gasteiger partial charge is 2.00 e. The number of nitrogens with zero attached hydrogens (tertiary/aromatic N) is 3. The maximum Gasteiger partial charge on any atom is 2.00 e. The number of aromatic nitrogens is 4. The molecule has 63 valence electrons. The number of nitrogen functional groups attached to an aromatic ring is 1. The van der Waals surface area contributed by atoms with Gasteiger partial charge < -0.3 is 0 Å². The third-order valence-electron chi connectivity index (χ3n) is 1.27. The van der Waals surface area contributed by atoms with E-state index in [-0.39, 0.29) is 27.0 Å². The van der Waals surface area contributed by atoms with Crippen molar-refractivity contribution in [3.8, 4) is 0 Å². The summed E-state index contributed by atoms with van der Waals surface area (Å²) in [5.41, 5.74) is 6.77. The number of hydrogen-bond donors (Lipinski definition) is 2. The molecule has 0 unspecified atom stereocenters. The van der Waals surface area contributed by atoms with Gasteiger partial charge in [0, 0.05) is 0 Å². The second kappa shape index (κ2) is 3.52. The molecule has 7 heteroatoms. The van der Waals surface area contributed by atoms with E-state index in [0.29, 0.717) is 10.2 Å². The Morgan fingerprint density at radius 1 is 1.42 bits per heavy atom. The Morgan fingerprint density at radius 2 is 2.17 bits per heavy atom. The molecule has 5 nitrogen and oxygen atoms in total. The van der Waals surface area contributed by atoms with Crippen molar-refractivity contribution in [3.63, 3.8) is 0 Å². The summed E-state index contributed by atoms with van der Waals surface area (Å²) < 4.78 is 0.699. The fourth-order valence-electron chi connectivity index (χ4n) is 0.823. The SMILES string of the molecule is Nc1nc([Se])c2[nH]cnc2n1.[Pt+2]. The predicted molar refractivity (Wildman–Crippen MR) is 41.5 cm³/mol. The van der Waals surface area contributed by atoms with E-state index >= 15 is 0 Å². The van der Waals surface area contributed by atoms with E-state index in [9.17, 15) is 0 Å². The van der Waals surface area contributed by atoms with Gasteiger partial charge in [-0.15, -0.1) is 0 Å². The van der Waals surface area contributed by atoms with Crippen LogP contribution in [0.3, 0.4) is 0 Å². The van der Waals surface area contributed by atoms with E-state index in [1.54, 1.807) is 6.33 Å². The third kappa shape index (κ3) is 1.51. The molecule has 0 amide bonds. The van der Waals surface area contributed by atoms with Crippen molar-refractivity contribution in [1.82, 2.24) is 19.9 Å². The van der Waals surface area contributed by atoms with Crippen LogP contribution in [-0.4, -0.2) is 35.9 Å². The molecule has 0 aliphatic heterocycles. The minimum Gasteiger partial charge on any atom is 2.00 e. The maximum absolute atomic E-state index is 5.39. The van der Waals surface area contributed by atoms with Gasteiger partial charge in [0.1, 0.15) is 0 Å². The Morgan fingerprint density at radius 3 is 2.92 bits per heavy atom. The van der Waals surface area contributed by atoms with Gasteiger partial charge >= 0.3 is 90.8 Å². The van der Waals surface area contributed by atoms with Crippen LogP contribution in [-0.2, 0) is 21.1 Å². The molecule has 2 aromatic rings. The van der Waals surface area contributed by atoms with E-state index in [2.05, 4.69) is 35.9 Å². The number of imidazole rings is 1. The number of rotatable bonds is 0. The fourth-order valence-corrected chi connectivity index (χ4v) is 1.33. The minimum absolute atomic E-state index is 0. The summed E-state index contributed by atoms with van der Waals surface area (Å²) >= 11 is 2.77. The van der Waals surface area contributed by atoms with Crippen molar-refractivity contribution in [2.75, 3.05) is 5.73 Å². The van der Waals surface area contributed by atoms with Crippen molar-refractivity contribution in [1.29, 1.82) is 0 Å². The molecule has 0 fully saturated rings. The molecule has 3 N–H and O–H groups in total. The van der Waals surface area contributed by atoms with Crippen LogP contribution in [0.4, 0.5) is 5.95 Å². The minimum atomic E-state index is 0. The van der Waals surface area contributed by atoms with Crippen LogP contribution >= 0.6 is 0 Å². The summed E-state index contributed by atoms with van der Waals surface area (Å²) in [5, 5.41) is 0. The molecule has 0 aliphatic rings. The average Bonchev–Trinajstić information content (AvgIpc) is 2.34. The van der Waals surface area contributed by atoms with Crippen molar-refractivity contribution in [2.45, 2.75) is 0 Å². The first-order valence-electron chi connectivity index (χ1n) is 2.91. The third-order valence-corrected chi connectivity index (χ3v) is 1.89. The van der Waals surface area contributed by atoms with Crippen LogP contribution in [0.2, 0.25) is 0 Å². The Bertz CT molecular complexity index is 400. The molecule has 0 aliphatic carbocycles. The Balaban J connectivity index is 0.000000720. The van der Waals surface area contributed by atoms with Crippen LogP contribution in [0.1, 0.15) is 0 Å². The molecule has 2 heterocycles. The van der Waals surface area contributed by atoms with Gasteiger partial charge in [-0.25, -0.2) is 0 Å². The summed E-state index contributed by atoms with van der Waals surface area (Å²) in [5.74, 6) is 0.235. The van der Waals surface area contributed by atoms with Crippen molar-refractivity contribution < 1.29 is 21.1 Å². The van der Waals surface area contributed by atoms with Crippen LogP contribution in [0.25, 0.3) is 11.2 Å². The summed E-state index contributed by atoms with van der Waals surface area (Å²) in [6.07, 6.45) is 1.56. The molecular formula is C5H4N5PtSe+2. The molecule has 0 aromatic carbocycles. The number of aromatic amines is 1. The van der Waals surface area contributed by atoms with Gasteiger partial charge in [0.05, 0.1) is 0 Å². The van der Waals surface area contributed by atoms with Crippen molar-refractivity contribution >= 4 is 37.7 Å². The van der Waals surface area contributed by atoms with E-state index < -0.39 is 0 Å². The van der Waals surface area contributed by atoms with Gasteiger partial charge in [0.15, 0.2) is 0 Å². The van der Waals surface area contributed by atoms with Gasteiger partial charge in [0.25, 0.3) is 0 Å². The van der Waals surface area contributed by atoms with E-state index in [1.165, 1.54) is 0 Å². The fraction of sp³-hybridized carbons (Fsp3) is 0. The quantitative estimate of drug-likeness (QED) is 0.533. The number of hydrogen-bond acceptors (Lipinski definition) is 4. The smallest absolute Gasteiger partial charge is 2.00 e. The Kier molecular flexibility index (Phi) is 2.83. The first-order valence-corrected chi connectivity index (χ1v) is 3.76. The molecule has 0 saturated carbocycles. The zero-order valence-corrected chi connectivity index (χ0v) is 9.71. The maximum atomic E-state index is 5.39. The molecule has 0 atom stereocenters. The molecule has 0 spiro atoms. The van der Waals surface area contributed by atoms with Crippen LogP contribution in [0.15, 0.2) is 6.33 Å². The number of anilines is 1. The molecule has 1 radical (unpaired) electrons.